The number of aliphatic hydroxyl groups is 13. The fourth-order valence-electron chi connectivity index (χ4n) is 10.0. The van der Waals surface area contributed by atoms with Crippen LogP contribution in [-0.4, -0.2) is 288 Å². The van der Waals surface area contributed by atoms with Crippen LogP contribution in [0.1, 0.15) is 110 Å². The van der Waals surface area contributed by atoms with Crippen molar-refractivity contribution in [1.29, 1.82) is 0 Å². The molecule has 5 rings (SSSR count). The number of ketones is 1. The van der Waals surface area contributed by atoms with Gasteiger partial charge in [-0.05, 0) is 45.4 Å². The minimum absolute atomic E-state index is 0.0393. The van der Waals surface area contributed by atoms with Gasteiger partial charge in [-0.2, -0.15) is 0 Å². The molecule has 494 valence electrons. The Morgan fingerprint density at radius 2 is 1.00 bits per heavy atom. The lowest BCUT2D eigenvalue weighted by molar-refractivity contribution is -0.366. The molecular weight excluding hydrogens is 1160 g/mol. The van der Waals surface area contributed by atoms with Crippen molar-refractivity contribution >= 4 is 41.3 Å². The Hall–Kier alpha value is -4.15. The molecule has 0 bridgehead atoms. The van der Waals surface area contributed by atoms with Gasteiger partial charge in [-0.25, -0.2) is 4.79 Å². The highest BCUT2D eigenvalue weighted by molar-refractivity contribution is 6.01. The lowest BCUT2D eigenvalue weighted by Crippen LogP contribution is -2.65. The number of imide groups is 1. The van der Waals surface area contributed by atoms with E-state index in [0.717, 1.165) is 0 Å². The molecule has 5 saturated heterocycles. The van der Waals surface area contributed by atoms with Crippen molar-refractivity contribution in [3.63, 3.8) is 0 Å². The lowest BCUT2D eigenvalue weighted by atomic mass is 9.93. The Bertz CT molecular complexity index is 2120. The molecule has 0 aromatic rings. The van der Waals surface area contributed by atoms with Gasteiger partial charge in [0.05, 0.1) is 39.1 Å². The molecular formula is C53H88N4O29. The summed E-state index contributed by atoms with van der Waals surface area (Å²) in [5.41, 5.74) is 0. The van der Waals surface area contributed by atoms with E-state index in [9.17, 15) is 99.9 Å². The van der Waals surface area contributed by atoms with Gasteiger partial charge in [0.15, 0.2) is 25.2 Å². The quantitative estimate of drug-likeness (QED) is 0.0205. The van der Waals surface area contributed by atoms with Crippen molar-refractivity contribution in [3.05, 3.63) is 0 Å². The number of rotatable bonds is 36. The third-order valence-corrected chi connectivity index (χ3v) is 15.2. The zero-order valence-corrected chi connectivity index (χ0v) is 47.9. The van der Waals surface area contributed by atoms with Crippen molar-refractivity contribution < 1.29 is 143 Å². The van der Waals surface area contributed by atoms with Crippen LogP contribution >= 0.6 is 0 Å². The Morgan fingerprint density at radius 1 is 0.512 bits per heavy atom. The average molecular weight is 1250 g/mol. The molecule has 16 N–H and O–H groups in total. The molecule has 0 saturated carbocycles. The first-order valence-corrected chi connectivity index (χ1v) is 29.2. The fourth-order valence-corrected chi connectivity index (χ4v) is 10.0. The molecule has 0 aromatic carbocycles. The number of hydroxylamine groups is 2. The SMILES string of the molecule is C[C@@H]1O[C@@H](OCCNC(=O)CCCCC(=O)NCCCC[C@H](CC(=O)CCCCCCC(=O)ON2C(=O)CCC2=O)C(=O)NCCO[C@H]2O[C@H](CO[C@H]3O[C@H](CO)[C@@H](O)[C@H](O)[C@@H]3O)[C@@H](O)[C@H](O[C@H]3O[C@H](CO)[C@@H](O)[C@H](O)[C@@H]3O)[C@@H]2O)[C@@H](O)[C@H](O)[C@@H]1O. The average Bonchev–Trinajstić information content (AvgIpc) is 3.03. The zero-order chi connectivity index (χ0) is 63.2. The molecule has 33 heteroatoms. The molecule has 33 nitrogen and oxygen atoms in total. The highest BCUT2D eigenvalue weighted by atomic mass is 16.8. The first-order valence-electron chi connectivity index (χ1n) is 29.2. The molecule has 21 atom stereocenters. The zero-order valence-electron chi connectivity index (χ0n) is 47.9. The Labute approximate surface area is 495 Å². The summed E-state index contributed by atoms with van der Waals surface area (Å²) in [6, 6.07) is 0. The smallest absolute Gasteiger partial charge is 0.333 e. The molecule has 5 heterocycles. The van der Waals surface area contributed by atoms with Crippen molar-refractivity contribution in [1.82, 2.24) is 21.0 Å². The largest absolute Gasteiger partial charge is 0.394 e. The van der Waals surface area contributed by atoms with Crippen molar-refractivity contribution in [2.45, 2.75) is 232 Å². The number of amides is 5. The van der Waals surface area contributed by atoms with Crippen LogP contribution in [0.5, 0.6) is 0 Å². The summed E-state index contributed by atoms with van der Waals surface area (Å²) in [5.74, 6) is -4.18. The second kappa shape index (κ2) is 36.5. The summed E-state index contributed by atoms with van der Waals surface area (Å²) < 4.78 is 44.5. The van der Waals surface area contributed by atoms with E-state index in [4.69, 9.17) is 42.7 Å². The molecule has 86 heavy (non-hydrogen) atoms. The molecule has 0 aromatic heterocycles. The van der Waals surface area contributed by atoms with E-state index < -0.39 is 179 Å². The highest BCUT2D eigenvalue weighted by Gasteiger charge is 2.52. The summed E-state index contributed by atoms with van der Waals surface area (Å²) in [4.78, 5) is 92.6. The lowest BCUT2D eigenvalue weighted by Gasteiger charge is -2.46. The van der Waals surface area contributed by atoms with Crippen LogP contribution in [0.2, 0.25) is 0 Å². The summed E-state index contributed by atoms with van der Waals surface area (Å²) in [6.07, 6.45) is -29.1. The van der Waals surface area contributed by atoms with Gasteiger partial charge in [0, 0.05) is 70.5 Å². The van der Waals surface area contributed by atoms with E-state index in [0.29, 0.717) is 56.4 Å². The number of ether oxygens (including phenoxy) is 8. The second-order valence-electron chi connectivity index (χ2n) is 21.9. The Kier molecular flexibility index (Phi) is 30.8. The van der Waals surface area contributed by atoms with Gasteiger partial charge in [0.1, 0.15) is 97.3 Å². The van der Waals surface area contributed by atoms with Gasteiger partial charge >= 0.3 is 5.97 Å². The number of nitrogens with zero attached hydrogens (tertiary/aromatic N) is 1. The van der Waals surface area contributed by atoms with E-state index in [2.05, 4.69) is 16.0 Å². The number of aliphatic hydroxyl groups excluding tert-OH is 13. The van der Waals surface area contributed by atoms with Gasteiger partial charge in [0.2, 0.25) is 17.7 Å². The van der Waals surface area contributed by atoms with E-state index in [1.165, 1.54) is 6.92 Å². The molecule has 5 fully saturated rings. The van der Waals surface area contributed by atoms with E-state index in [-0.39, 0.29) is 95.2 Å². The van der Waals surface area contributed by atoms with Crippen molar-refractivity contribution in [3.8, 4) is 0 Å². The van der Waals surface area contributed by atoms with Crippen LogP contribution in [0.4, 0.5) is 0 Å². The number of carbonyl (C=O) groups excluding carboxylic acids is 7. The standard InChI is InChI=1S/C53H88N4O29/c1-26-37(66)41(70)44(73)50(81-26)78-20-18-55-33(62)13-7-6-12-32(61)54-17-9-8-10-27(22-28(60)11-4-2-3-5-14-36(65)86-57-34(63)15-16-35(57)64)49(77)56-19-21-79-52-47(76)48(85-53-46(75)43(72)39(68)30(24-59)83-53)40(69)31(84-52)25-80-51-45(74)42(71)38(67)29(23-58)82-51/h26-27,29-31,37-48,50-53,58-59,66-76H,2-25H2,1H3,(H,54,61)(H,55,62)(H,56,77)/t26-,27+,29+,30+,31+,37+,38+,39+,40+,41+,42-,43-,44-,45-,46-,47-,48-,50+,51-,52-,53+/m0/s1. The van der Waals surface area contributed by atoms with Crippen LogP contribution in [-0.2, 0) is 76.3 Å². The highest BCUT2D eigenvalue weighted by Crippen LogP contribution is 2.32. The molecule has 5 aliphatic heterocycles. The van der Waals surface area contributed by atoms with E-state index in [1.54, 1.807) is 0 Å². The molecule has 5 amide bonds. The van der Waals surface area contributed by atoms with Gasteiger partial charge in [-0.3, -0.25) is 28.8 Å². The predicted octanol–water partition coefficient (Wildman–Crippen LogP) is -7.10. The van der Waals surface area contributed by atoms with Crippen molar-refractivity contribution in [2.75, 3.05) is 52.7 Å². The van der Waals surface area contributed by atoms with Crippen LogP contribution in [0.25, 0.3) is 0 Å². The number of Topliss-reactive ketones (excluding diaryl/α,β-unsaturated/α-hetero) is 1. The number of carbonyl (C=O) groups is 7. The normalized spacial score (nSPS) is 34.4. The monoisotopic (exact) mass is 1240 g/mol. The van der Waals surface area contributed by atoms with E-state index in [1.807, 2.05) is 0 Å². The minimum Gasteiger partial charge on any atom is -0.394 e. The summed E-state index contributed by atoms with van der Waals surface area (Å²) >= 11 is 0. The van der Waals surface area contributed by atoms with Gasteiger partial charge in [0.25, 0.3) is 11.8 Å². The predicted molar refractivity (Wildman–Crippen MR) is 283 cm³/mol. The fraction of sp³-hybridized carbons (Fsp3) is 0.868. The summed E-state index contributed by atoms with van der Waals surface area (Å²) in [6.45, 7) is -1.22. The maximum Gasteiger partial charge on any atom is 0.333 e. The van der Waals surface area contributed by atoms with Crippen LogP contribution in [0.3, 0.4) is 0 Å². The molecule has 0 aliphatic carbocycles. The third kappa shape index (κ3) is 21.5. The molecule has 0 radical (unpaired) electrons. The maximum absolute atomic E-state index is 13.8. The number of hydrogen-bond acceptors (Lipinski definition) is 29. The second-order valence-corrected chi connectivity index (χ2v) is 21.9. The Balaban J connectivity index is 1.10. The van der Waals surface area contributed by atoms with Crippen molar-refractivity contribution in [2.24, 2.45) is 5.92 Å². The van der Waals surface area contributed by atoms with Crippen LogP contribution < -0.4 is 16.0 Å². The molecule has 5 aliphatic rings. The summed E-state index contributed by atoms with van der Waals surface area (Å²) in [5, 5.41) is 143. The topological polar surface area (TPSA) is 505 Å². The van der Waals surface area contributed by atoms with Crippen LogP contribution in [0.15, 0.2) is 0 Å². The van der Waals surface area contributed by atoms with E-state index >= 15 is 0 Å². The number of hydrogen-bond donors (Lipinski definition) is 16. The third-order valence-electron chi connectivity index (χ3n) is 15.2. The van der Waals surface area contributed by atoms with Gasteiger partial charge in [-0.1, -0.05) is 19.3 Å². The number of unbranched alkanes of at least 4 members (excludes halogenated alkanes) is 5. The van der Waals surface area contributed by atoms with Gasteiger partial charge in [-0.15, -0.1) is 5.06 Å². The summed E-state index contributed by atoms with van der Waals surface area (Å²) in [7, 11) is 0. The van der Waals surface area contributed by atoms with Crippen LogP contribution in [0, 0.1) is 5.92 Å². The first kappa shape index (κ1) is 72.6. The maximum atomic E-state index is 13.8. The number of nitrogens with one attached hydrogen (secondary N) is 3. The first-order chi connectivity index (χ1) is 41.0. The van der Waals surface area contributed by atoms with Gasteiger partial charge < -0.3 is 125 Å². The minimum atomic E-state index is -1.98. The Morgan fingerprint density at radius 3 is 1.59 bits per heavy atom. The molecule has 0 spiro atoms. The molecule has 0 unspecified atom stereocenters.